The van der Waals surface area contributed by atoms with E-state index in [0.29, 0.717) is 22.3 Å². The maximum Gasteiger partial charge on any atom is 0.335 e. The fourth-order valence-electron chi connectivity index (χ4n) is 5.92. The minimum atomic E-state index is -1.04. The zero-order valence-corrected chi connectivity index (χ0v) is 24.4. The predicted octanol–water partition coefficient (Wildman–Crippen LogP) is 7.38. The summed E-state index contributed by atoms with van der Waals surface area (Å²) in [7, 11) is 0. The first-order valence-corrected chi connectivity index (χ1v) is 14.4. The number of hydrogen-bond donors (Lipinski definition) is 1. The summed E-state index contributed by atoms with van der Waals surface area (Å²) >= 11 is 12.4. The van der Waals surface area contributed by atoms with Gasteiger partial charge in [0.25, 0.3) is 5.91 Å². The van der Waals surface area contributed by atoms with Crippen LogP contribution < -0.4 is 0 Å². The lowest BCUT2D eigenvalue weighted by Crippen LogP contribution is -2.57. The molecule has 7 nitrogen and oxygen atoms in total. The molecule has 9 heteroatoms. The van der Waals surface area contributed by atoms with Crippen LogP contribution in [0.5, 0.6) is 0 Å². The van der Waals surface area contributed by atoms with Crippen LogP contribution >= 0.6 is 23.2 Å². The molecular weight excluding hydrogens is 563 g/mol. The maximum absolute atomic E-state index is 14.1. The number of carbonyl (C=O) groups is 3. The molecule has 0 spiro atoms. The molecular formula is C32H33Cl2N2O5-. The molecule has 1 amide bonds. The van der Waals surface area contributed by atoms with Crippen molar-refractivity contribution in [1.29, 1.82) is 0 Å². The number of halogens is 2. The molecule has 1 fully saturated rings. The summed E-state index contributed by atoms with van der Waals surface area (Å²) in [5.41, 5.74) is 7.77. The van der Waals surface area contributed by atoms with Gasteiger partial charge in [0.1, 0.15) is 5.78 Å². The number of ketones is 1. The predicted molar refractivity (Wildman–Crippen MR) is 160 cm³/mol. The van der Waals surface area contributed by atoms with E-state index >= 15 is 0 Å². The number of carboxylic acid groups (broad SMARTS) is 1. The Labute approximate surface area is 250 Å². The molecule has 216 valence electrons. The molecule has 4 rings (SSSR count). The van der Waals surface area contributed by atoms with Gasteiger partial charge in [-0.25, -0.2) is 4.79 Å². The van der Waals surface area contributed by atoms with E-state index in [1.807, 2.05) is 11.0 Å². The van der Waals surface area contributed by atoms with E-state index in [4.69, 9.17) is 28.0 Å². The number of carbonyl (C=O) groups excluding carboxylic acids is 2. The number of aromatic carboxylic acids is 1. The van der Waals surface area contributed by atoms with Crippen molar-refractivity contribution in [3.05, 3.63) is 111 Å². The molecule has 2 aromatic rings. The molecule has 1 aliphatic carbocycles. The van der Waals surface area contributed by atoms with Crippen LogP contribution in [0.1, 0.15) is 70.4 Å². The van der Waals surface area contributed by atoms with Crippen molar-refractivity contribution in [1.82, 2.24) is 4.90 Å². The van der Waals surface area contributed by atoms with Gasteiger partial charge < -0.3 is 25.1 Å². The third kappa shape index (κ3) is 6.99. The summed E-state index contributed by atoms with van der Waals surface area (Å²) in [5, 5.41) is 9.44. The highest BCUT2D eigenvalue weighted by Gasteiger charge is 2.47. The second-order valence-corrected chi connectivity index (χ2v) is 11.1. The molecule has 2 aromatic carbocycles. The van der Waals surface area contributed by atoms with Crippen LogP contribution in [-0.4, -0.2) is 46.3 Å². The van der Waals surface area contributed by atoms with Gasteiger partial charge in [0.05, 0.1) is 24.1 Å². The molecule has 1 N–H and O–H groups in total. The summed E-state index contributed by atoms with van der Waals surface area (Å²) in [6.07, 6.45) is 7.20. The quantitative estimate of drug-likeness (QED) is 0.166. The first kappa shape index (κ1) is 30.7. The standard InChI is InChI=1S/C32H33Cl2N2O5/c1-20-9-3-6-15-27(20)36-30(24(21(2)34)14-8-16-33)29(25-12-4-5-13-26(25)31(36)38)28(37)18-35-41-19-22-10-7-11-23(17-22)32(39)40/h4-5,7-8,10-14,16-17,20,27,29-30H,2-3,6,9,15,18-19H2,1H3,(H,39,40)/q-1/b16-8+,24-14+/t20-,27-,29-,30-/m1/s1. The molecule has 41 heavy (non-hydrogen) atoms. The maximum atomic E-state index is 14.1. The number of fused-ring (bicyclic) bond motifs is 1. The average Bonchev–Trinajstić information content (AvgIpc) is 2.96. The van der Waals surface area contributed by atoms with E-state index in [-0.39, 0.29) is 47.4 Å². The van der Waals surface area contributed by atoms with Gasteiger partial charge in [-0.2, -0.15) is 0 Å². The highest BCUT2D eigenvalue weighted by Crippen LogP contribution is 2.44. The van der Waals surface area contributed by atoms with Crippen LogP contribution in [0.2, 0.25) is 0 Å². The summed E-state index contributed by atoms with van der Waals surface area (Å²) in [4.78, 5) is 46.7. The second kappa shape index (κ2) is 14.1. The van der Waals surface area contributed by atoms with Gasteiger partial charge in [0.15, 0.2) is 0 Å². The third-order valence-electron chi connectivity index (χ3n) is 7.84. The summed E-state index contributed by atoms with van der Waals surface area (Å²) in [5.74, 6) is -1.97. The first-order valence-electron chi connectivity index (χ1n) is 13.6. The second-order valence-electron chi connectivity index (χ2n) is 10.4. The van der Waals surface area contributed by atoms with Gasteiger partial charge in [-0.3, -0.25) is 4.79 Å². The van der Waals surface area contributed by atoms with Gasteiger partial charge in [0, 0.05) is 22.2 Å². The van der Waals surface area contributed by atoms with E-state index in [2.05, 4.69) is 19.0 Å². The van der Waals surface area contributed by atoms with Crippen LogP contribution in [0, 0.1) is 5.92 Å². The summed E-state index contributed by atoms with van der Waals surface area (Å²) < 4.78 is 0. The number of amides is 1. The number of carboxylic acids is 1. The van der Waals surface area contributed by atoms with Crippen molar-refractivity contribution in [3.63, 3.8) is 0 Å². The van der Waals surface area contributed by atoms with E-state index in [1.165, 1.54) is 17.7 Å². The SMILES string of the molecule is C=C(Cl)/C(=C\C=C\Cl)[C@@H]1[C@@H](C(=O)C[N-]OCc2cccc(C(=O)O)c2)c2ccccc2C(=O)N1[C@@H]1CCCC[C@H]1C. The van der Waals surface area contributed by atoms with Gasteiger partial charge in [-0.05, 0) is 53.7 Å². The van der Waals surface area contributed by atoms with E-state index < -0.39 is 17.9 Å². The van der Waals surface area contributed by atoms with Crippen molar-refractivity contribution in [2.75, 3.05) is 6.54 Å². The van der Waals surface area contributed by atoms with Crippen molar-refractivity contribution < 1.29 is 24.3 Å². The number of allylic oxidation sites excluding steroid dienone is 2. The number of rotatable bonds is 11. The zero-order chi connectivity index (χ0) is 29.5. The molecule has 1 aliphatic heterocycles. The third-order valence-corrected chi connectivity index (χ3v) is 8.21. The Kier molecular flexibility index (Phi) is 10.6. The topological polar surface area (TPSA) is 98.0 Å². The molecule has 1 heterocycles. The molecule has 4 atom stereocenters. The van der Waals surface area contributed by atoms with Crippen molar-refractivity contribution in [2.24, 2.45) is 5.92 Å². The van der Waals surface area contributed by atoms with Gasteiger partial charge >= 0.3 is 5.97 Å². The first-order chi connectivity index (χ1) is 19.7. The van der Waals surface area contributed by atoms with E-state index in [9.17, 15) is 19.5 Å². The Morgan fingerprint density at radius 2 is 1.93 bits per heavy atom. The average molecular weight is 597 g/mol. The molecule has 0 bridgehead atoms. The number of hydroxylamine groups is 1. The van der Waals surface area contributed by atoms with Crippen molar-refractivity contribution in [2.45, 2.75) is 57.2 Å². The number of hydrogen-bond acceptors (Lipinski definition) is 4. The number of benzene rings is 2. The lowest BCUT2D eigenvalue weighted by atomic mass is 9.74. The van der Waals surface area contributed by atoms with Crippen LogP contribution in [0.3, 0.4) is 0 Å². The van der Waals surface area contributed by atoms with Gasteiger partial charge in [0.2, 0.25) is 0 Å². The molecule has 0 unspecified atom stereocenters. The van der Waals surface area contributed by atoms with Crippen molar-refractivity contribution >= 4 is 40.9 Å². The largest absolute Gasteiger partial charge is 0.528 e. The van der Waals surface area contributed by atoms with Crippen LogP contribution in [0.25, 0.3) is 5.48 Å². The highest BCUT2D eigenvalue weighted by molar-refractivity contribution is 6.32. The fraction of sp³-hybridized carbons (Fsp3) is 0.344. The van der Waals surface area contributed by atoms with E-state index in [0.717, 1.165) is 25.7 Å². The minimum Gasteiger partial charge on any atom is -0.528 e. The normalized spacial score (nSPS) is 23.0. The van der Waals surface area contributed by atoms with Crippen LogP contribution in [-0.2, 0) is 16.2 Å². The fourth-order valence-corrected chi connectivity index (χ4v) is 6.16. The minimum absolute atomic E-state index is 0.00738. The molecule has 0 aromatic heterocycles. The zero-order valence-electron chi connectivity index (χ0n) is 22.8. The molecule has 0 saturated heterocycles. The Bertz CT molecular complexity index is 1370. The summed E-state index contributed by atoms with van der Waals surface area (Å²) in [6.45, 7) is 5.84. The Morgan fingerprint density at radius 1 is 1.17 bits per heavy atom. The Balaban J connectivity index is 1.68. The number of Topliss-reactive ketones (excluding diaryl/α,β-unsaturated/α-hetero) is 1. The smallest absolute Gasteiger partial charge is 0.335 e. The Hall–Kier alpha value is -3.23. The molecule has 2 aliphatic rings. The van der Waals surface area contributed by atoms with Crippen LogP contribution in [0.15, 0.2) is 83.4 Å². The highest BCUT2D eigenvalue weighted by atomic mass is 35.5. The van der Waals surface area contributed by atoms with Crippen molar-refractivity contribution in [3.8, 4) is 0 Å². The lowest BCUT2D eigenvalue weighted by Gasteiger charge is -2.49. The molecule has 0 radical (unpaired) electrons. The lowest BCUT2D eigenvalue weighted by molar-refractivity contribution is -0.120. The summed E-state index contributed by atoms with van der Waals surface area (Å²) in [6, 6.07) is 12.7. The molecule has 1 saturated carbocycles. The monoisotopic (exact) mass is 595 g/mol. The van der Waals surface area contributed by atoms with Gasteiger partial charge in [-0.15, -0.1) is 0 Å². The van der Waals surface area contributed by atoms with E-state index in [1.54, 1.807) is 42.5 Å². The number of nitrogens with zero attached hydrogens (tertiary/aromatic N) is 2. The van der Waals surface area contributed by atoms with Crippen LogP contribution in [0.4, 0.5) is 0 Å². The Morgan fingerprint density at radius 3 is 2.63 bits per heavy atom. The van der Waals surface area contributed by atoms with Gasteiger partial charge in [-0.1, -0.05) is 98.6 Å².